The molecule has 1 aromatic rings. The van der Waals surface area contributed by atoms with Crippen LogP contribution in [0.2, 0.25) is 0 Å². The average Bonchev–Trinajstić information content (AvgIpc) is 2.42. The lowest BCUT2D eigenvalue weighted by atomic mass is 10.0. The van der Waals surface area contributed by atoms with Crippen LogP contribution in [0.25, 0.3) is 0 Å². The largest absolute Gasteiger partial charge is 0.507 e. The number of phenolic OH excluding ortho intramolecular Hbond substituents is 1. The summed E-state index contributed by atoms with van der Waals surface area (Å²) >= 11 is 0. The zero-order chi connectivity index (χ0) is 14.9. The highest BCUT2D eigenvalue weighted by atomic mass is 19.1. The van der Waals surface area contributed by atoms with Gasteiger partial charge in [0.15, 0.2) is 0 Å². The SMILES string of the molecule is CN1C(=O)CCC(NC(=O)c2cc(F)ccc2O)C1=O. The molecule has 1 heterocycles. The van der Waals surface area contributed by atoms with Gasteiger partial charge in [0.2, 0.25) is 5.91 Å². The van der Waals surface area contributed by atoms with Gasteiger partial charge in [-0.1, -0.05) is 0 Å². The van der Waals surface area contributed by atoms with E-state index in [9.17, 15) is 23.9 Å². The summed E-state index contributed by atoms with van der Waals surface area (Å²) in [5.74, 6) is -2.64. The lowest BCUT2D eigenvalue weighted by molar-refractivity contribution is -0.147. The third-order valence-electron chi connectivity index (χ3n) is 3.16. The predicted octanol–water partition coefficient (Wildman–Crippen LogP) is 0.408. The van der Waals surface area contributed by atoms with Gasteiger partial charge in [-0.2, -0.15) is 0 Å². The number of imide groups is 1. The van der Waals surface area contributed by atoms with Crippen LogP contribution in [0.5, 0.6) is 5.75 Å². The zero-order valence-corrected chi connectivity index (χ0v) is 10.7. The maximum absolute atomic E-state index is 13.1. The van der Waals surface area contributed by atoms with Gasteiger partial charge in [0.25, 0.3) is 11.8 Å². The van der Waals surface area contributed by atoms with Crippen molar-refractivity contribution in [3.63, 3.8) is 0 Å². The number of piperidine rings is 1. The molecule has 6 nitrogen and oxygen atoms in total. The maximum Gasteiger partial charge on any atom is 0.255 e. The quantitative estimate of drug-likeness (QED) is 0.768. The van der Waals surface area contributed by atoms with E-state index in [-0.39, 0.29) is 30.1 Å². The van der Waals surface area contributed by atoms with E-state index in [4.69, 9.17) is 0 Å². The molecule has 1 aliphatic heterocycles. The van der Waals surface area contributed by atoms with Crippen LogP contribution in [0.15, 0.2) is 18.2 Å². The van der Waals surface area contributed by atoms with Gasteiger partial charge in [-0.05, 0) is 24.6 Å². The van der Waals surface area contributed by atoms with Crippen molar-refractivity contribution < 1.29 is 23.9 Å². The standard InChI is InChI=1S/C13H13FN2O4/c1-16-11(18)5-3-9(13(16)20)15-12(19)8-6-7(14)2-4-10(8)17/h2,4,6,9,17H,3,5H2,1H3,(H,15,19). The van der Waals surface area contributed by atoms with Crippen LogP contribution in [-0.2, 0) is 9.59 Å². The zero-order valence-electron chi connectivity index (χ0n) is 10.7. The van der Waals surface area contributed by atoms with Crippen molar-refractivity contribution in [2.75, 3.05) is 7.05 Å². The van der Waals surface area contributed by atoms with E-state index in [0.717, 1.165) is 23.1 Å². The van der Waals surface area contributed by atoms with Crippen molar-refractivity contribution in [2.24, 2.45) is 0 Å². The molecule has 1 aromatic carbocycles. The summed E-state index contributed by atoms with van der Waals surface area (Å²) in [5.41, 5.74) is -0.252. The van der Waals surface area contributed by atoms with Crippen LogP contribution in [0.3, 0.4) is 0 Å². The molecule has 1 aliphatic rings. The molecule has 106 valence electrons. The van der Waals surface area contributed by atoms with Crippen molar-refractivity contribution >= 4 is 17.7 Å². The second kappa shape index (κ2) is 5.28. The second-order valence-electron chi connectivity index (χ2n) is 4.52. The Morgan fingerprint density at radius 3 is 2.85 bits per heavy atom. The number of hydrogen-bond donors (Lipinski definition) is 2. The number of aromatic hydroxyl groups is 1. The smallest absolute Gasteiger partial charge is 0.255 e. The summed E-state index contributed by atoms with van der Waals surface area (Å²) in [5, 5.41) is 11.9. The first kappa shape index (κ1) is 14.0. The van der Waals surface area contributed by atoms with Crippen molar-refractivity contribution in [1.82, 2.24) is 10.2 Å². The first-order valence-electron chi connectivity index (χ1n) is 6.00. The summed E-state index contributed by atoms with van der Waals surface area (Å²) in [4.78, 5) is 36.0. The molecule has 1 fully saturated rings. The van der Waals surface area contributed by atoms with Crippen LogP contribution in [0.4, 0.5) is 4.39 Å². The highest BCUT2D eigenvalue weighted by molar-refractivity contribution is 6.04. The Morgan fingerprint density at radius 2 is 2.15 bits per heavy atom. The fourth-order valence-corrected chi connectivity index (χ4v) is 1.98. The normalized spacial score (nSPS) is 19.1. The summed E-state index contributed by atoms with van der Waals surface area (Å²) < 4.78 is 13.1. The van der Waals surface area contributed by atoms with Crippen molar-refractivity contribution in [3.05, 3.63) is 29.6 Å². The number of carbonyl (C=O) groups excluding carboxylic acids is 3. The molecule has 0 aromatic heterocycles. The summed E-state index contributed by atoms with van der Waals surface area (Å²) in [6.07, 6.45) is 0.326. The molecule has 1 atom stereocenters. The third kappa shape index (κ3) is 2.61. The number of rotatable bonds is 2. The van der Waals surface area contributed by atoms with Crippen LogP contribution in [0.1, 0.15) is 23.2 Å². The van der Waals surface area contributed by atoms with E-state index in [1.165, 1.54) is 7.05 Å². The molecule has 0 aliphatic carbocycles. The first-order chi connectivity index (χ1) is 9.40. The van der Waals surface area contributed by atoms with Crippen molar-refractivity contribution in [2.45, 2.75) is 18.9 Å². The number of benzene rings is 1. The number of amides is 3. The van der Waals surface area contributed by atoms with Gasteiger partial charge in [0.05, 0.1) is 5.56 Å². The van der Waals surface area contributed by atoms with Crippen molar-refractivity contribution in [3.8, 4) is 5.75 Å². The Kier molecular flexibility index (Phi) is 3.69. The van der Waals surface area contributed by atoms with E-state index < -0.39 is 23.7 Å². The van der Waals surface area contributed by atoms with E-state index in [0.29, 0.717) is 0 Å². The average molecular weight is 280 g/mol. The van der Waals surface area contributed by atoms with E-state index in [1.807, 2.05) is 0 Å². The number of nitrogens with one attached hydrogen (secondary N) is 1. The Hall–Kier alpha value is -2.44. The van der Waals surface area contributed by atoms with Gasteiger partial charge in [-0.25, -0.2) is 4.39 Å². The summed E-state index contributed by atoms with van der Waals surface area (Å²) in [6, 6.07) is 2.10. The van der Waals surface area contributed by atoms with Gasteiger partial charge in [0, 0.05) is 13.5 Å². The maximum atomic E-state index is 13.1. The number of nitrogens with zero attached hydrogens (tertiary/aromatic N) is 1. The number of likely N-dealkylation sites (tertiary alicyclic amines) is 1. The highest BCUT2D eigenvalue weighted by Gasteiger charge is 2.33. The number of likely N-dealkylation sites (N-methyl/N-ethyl adjacent to an activating group) is 1. The molecule has 3 amide bonds. The lowest BCUT2D eigenvalue weighted by Gasteiger charge is -2.28. The van der Waals surface area contributed by atoms with Crippen LogP contribution in [-0.4, -0.2) is 40.8 Å². The van der Waals surface area contributed by atoms with E-state index >= 15 is 0 Å². The molecule has 1 unspecified atom stereocenters. The topological polar surface area (TPSA) is 86.7 Å². The molecule has 2 rings (SSSR count). The Labute approximate surface area is 114 Å². The van der Waals surface area contributed by atoms with E-state index in [1.54, 1.807) is 0 Å². The van der Waals surface area contributed by atoms with Gasteiger partial charge in [0.1, 0.15) is 17.6 Å². The van der Waals surface area contributed by atoms with Gasteiger partial charge in [-0.15, -0.1) is 0 Å². The predicted molar refractivity (Wildman–Crippen MR) is 66.3 cm³/mol. The Bertz CT molecular complexity index is 588. The Balaban J connectivity index is 2.14. The minimum absolute atomic E-state index is 0.141. The summed E-state index contributed by atoms with van der Waals surface area (Å²) in [6.45, 7) is 0. The summed E-state index contributed by atoms with van der Waals surface area (Å²) in [7, 11) is 1.34. The van der Waals surface area contributed by atoms with Gasteiger partial charge >= 0.3 is 0 Å². The molecular formula is C13H13FN2O4. The monoisotopic (exact) mass is 280 g/mol. The van der Waals surface area contributed by atoms with Gasteiger partial charge < -0.3 is 10.4 Å². The molecule has 0 bridgehead atoms. The fourth-order valence-electron chi connectivity index (χ4n) is 1.98. The van der Waals surface area contributed by atoms with Crippen LogP contribution < -0.4 is 5.32 Å². The molecule has 1 saturated heterocycles. The first-order valence-corrected chi connectivity index (χ1v) is 6.00. The third-order valence-corrected chi connectivity index (χ3v) is 3.16. The minimum atomic E-state index is -0.854. The molecule has 2 N–H and O–H groups in total. The second-order valence-corrected chi connectivity index (χ2v) is 4.52. The molecule has 0 radical (unpaired) electrons. The number of phenols is 1. The molecule has 7 heteroatoms. The highest BCUT2D eigenvalue weighted by Crippen LogP contribution is 2.19. The fraction of sp³-hybridized carbons (Fsp3) is 0.308. The molecule has 0 spiro atoms. The Morgan fingerprint density at radius 1 is 1.45 bits per heavy atom. The molecule has 20 heavy (non-hydrogen) atoms. The number of halogens is 1. The van der Waals surface area contributed by atoms with Crippen molar-refractivity contribution in [1.29, 1.82) is 0 Å². The minimum Gasteiger partial charge on any atom is -0.507 e. The van der Waals surface area contributed by atoms with E-state index in [2.05, 4.69) is 5.32 Å². The molecule has 0 saturated carbocycles. The van der Waals surface area contributed by atoms with Crippen LogP contribution in [0, 0.1) is 5.82 Å². The number of hydrogen-bond acceptors (Lipinski definition) is 4. The lowest BCUT2D eigenvalue weighted by Crippen LogP contribution is -2.52. The van der Waals surface area contributed by atoms with Gasteiger partial charge in [-0.3, -0.25) is 19.3 Å². The molecular weight excluding hydrogens is 267 g/mol. The van der Waals surface area contributed by atoms with Crippen LogP contribution >= 0.6 is 0 Å². The number of carbonyl (C=O) groups is 3.